The molecule has 3 aromatic heterocycles. The maximum absolute atomic E-state index is 6.06. The third kappa shape index (κ3) is 4.28. The Bertz CT molecular complexity index is 1420. The fourth-order valence-electron chi connectivity index (χ4n) is 4.50. The lowest BCUT2D eigenvalue weighted by Crippen LogP contribution is -2.30. The van der Waals surface area contributed by atoms with Gasteiger partial charge < -0.3 is 9.72 Å². The van der Waals surface area contributed by atoms with E-state index in [0.29, 0.717) is 6.61 Å². The van der Waals surface area contributed by atoms with Gasteiger partial charge in [0.25, 0.3) is 0 Å². The quantitative estimate of drug-likeness (QED) is 0.390. The number of fused-ring (bicyclic) bond motifs is 2. The summed E-state index contributed by atoms with van der Waals surface area (Å²) in [7, 11) is 0. The van der Waals surface area contributed by atoms with Crippen LogP contribution in [-0.4, -0.2) is 31.4 Å². The fourth-order valence-corrected chi connectivity index (χ4v) is 4.50. The van der Waals surface area contributed by atoms with Crippen molar-refractivity contribution < 1.29 is 4.74 Å². The molecule has 0 radical (unpaired) electrons. The van der Waals surface area contributed by atoms with E-state index < -0.39 is 0 Å². The second-order valence-corrected chi connectivity index (χ2v) is 8.66. The van der Waals surface area contributed by atoms with Gasteiger partial charge in [-0.1, -0.05) is 30.3 Å². The number of H-pyrrole nitrogens is 1. The van der Waals surface area contributed by atoms with E-state index >= 15 is 0 Å². The van der Waals surface area contributed by atoms with Crippen LogP contribution in [0.4, 0.5) is 0 Å². The zero-order chi connectivity index (χ0) is 22.7. The number of aromatic amines is 1. The maximum Gasteiger partial charge on any atom is 0.160 e. The number of pyridine rings is 1. The fraction of sp³-hybridized carbons (Fsp3) is 0.179. The predicted octanol–water partition coefficient (Wildman–Crippen LogP) is 5.16. The Morgan fingerprint density at radius 2 is 1.94 bits per heavy atom. The van der Waals surface area contributed by atoms with Crippen molar-refractivity contribution in [3.8, 4) is 17.1 Å². The number of nitrogens with zero attached hydrogens (tertiary/aromatic N) is 4. The largest absolute Gasteiger partial charge is 0.489 e. The van der Waals surface area contributed by atoms with Crippen LogP contribution in [0.1, 0.15) is 22.4 Å². The van der Waals surface area contributed by atoms with Crippen LogP contribution in [0.2, 0.25) is 0 Å². The third-order valence-electron chi connectivity index (χ3n) is 6.31. The van der Waals surface area contributed by atoms with Crippen LogP contribution in [-0.2, 0) is 26.1 Å². The van der Waals surface area contributed by atoms with Gasteiger partial charge in [0.05, 0.1) is 5.69 Å². The van der Waals surface area contributed by atoms with Gasteiger partial charge in [0.2, 0.25) is 0 Å². The lowest BCUT2D eigenvalue weighted by Gasteiger charge is -2.27. The number of nitrogens with one attached hydrogen (secondary N) is 1. The van der Waals surface area contributed by atoms with Gasteiger partial charge in [0.15, 0.2) is 5.82 Å². The van der Waals surface area contributed by atoms with Gasteiger partial charge >= 0.3 is 0 Å². The monoisotopic (exact) mass is 447 g/mol. The maximum atomic E-state index is 6.06. The van der Waals surface area contributed by atoms with E-state index in [1.165, 1.54) is 16.5 Å². The van der Waals surface area contributed by atoms with E-state index in [0.717, 1.165) is 60.0 Å². The Hall–Kier alpha value is -4.03. The molecule has 6 heteroatoms. The lowest BCUT2D eigenvalue weighted by atomic mass is 10.1. The highest BCUT2D eigenvalue weighted by Gasteiger charge is 2.20. The van der Waals surface area contributed by atoms with E-state index in [1.807, 2.05) is 48.8 Å². The molecule has 0 spiro atoms. The molecule has 1 aliphatic heterocycles. The molecule has 0 aliphatic carbocycles. The van der Waals surface area contributed by atoms with Gasteiger partial charge in [-0.3, -0.25) is 9.88 Å². The summed E-state index contributed by atoms with van der Waals surface area (Å²) in [5.41, 5.74) is 6.86. The molecule has 4 heterocycles. The molecule has 2 aromatic carbocycles. The Labute approximate surface area is 198 Å². The van der Waals surface area contributed by atoms with E-state index in [2.05, 4.69) is 50.3 Å². The molecule has 5 aromatic rings. The average Bonchev–Trinajstić information content (AvgIpc) is 3.30. The summed E-state index contributed by atoms with van der Waals surface area (Å²) in [6.07, 6.45) is 8.58. The summed E-state index contributed by atoms with van der Waals surface area (Å²) < 4.78 is 6.06. The second-order valence-electron chi connectivity index (χ2n) is 8.66. The van der Waals surface area contributed by atoms with Crippen LogP contribution >= 0.6 is 0 Å². The van der Waals surface area contributed by atoms with E-state index in [4.69, 9.17) is 9.72 Å². The first-order chi connectivity index (χ1) is 16.8. The number of hydrogen-bond acceptors (Lipinski definition) is 5. The van der Waals surface area contributed by atoms with Crippen LogP contribution in [0.25, 0.3) is 22.3 Å². The summed E-state index contributed by atoms with van der Waals surface area (Å²) in [6.45, 7) is 3.24. The molecule has 6 nitrogen and oxygen atoms in total. The zero-order valence-corrected chi connectivity index (χ0v) is 18.8. The standard InChI is InChI=1S/C28H25N5O/c1-2-5-20(6-3-1)19-34-24-8-9-27-25(13-24)22(15-30-27)17-33-12-10-26-23(18-33)16-31-28(32-26)21-7-4-11-29-14-21/h1-9,11,13-16,30H,10,12,17-19H2. The predicted molar refractivity (Wildman–Crippen MR) is 132 cm³/mol. The average molecular weight is 448 g/mol. The third-order valence-corrected chi connectivity index (χ3v) is 6.31. The molecule has 0 bridgehead atoms. The van der Waals surface area contributed by atoms with Crippen LogP contribution in [0.15, 0.2) is 85.5 Å². The van der Waals surface area contributed by atoms with Gasteiger partial charge in [0, 0.05) is 72.9 Å². The van der Waals surface area contributed by atoms with E-state index in [9.17, 15) is 0 Å². The molecule has 1 N–H and O–H groups in total. The molecule has 0 atom stereocenters. The second kappa shape index (κ2) is 9.08. The Balaban J connectivity index is 1.17. The summed E-state index contributed by atoms with van der Waals surface area (Å²) >= 11 is 0. The van der Waals surface area contributed by atoms with Gasteiger partial charge in [0.1, 0.15) is 12.4 Å². The van der Waals surface area contributed by atoms with E-state index in [1.54, 1.807) is 6.20 Å². The van der Waals surface area contributed by atoms with Gasteiger partial charge in [-0.2, -0.15) is 0 Å². The topological polar surface area (TPSA) is 66.9 Å². The SMILES string of the molecule is c1ccc(COc2ccc3[nH]cc(CN4CCc5nc(-c6cccnc6)ncc5C4)c3c2)cc1. The van der Waals surface area contributed by atoms with Crippen molar-refractivity contribution in [2.75, 3.05) is 6.54 Å². The number of rotatable bonds is 6. The Morgan fingerprint density at radius 3 is 2.82 bits per heavy atom. The van der Waals surface area contributed by atoms with Crippen LogP contribution in [0.3, 0.4) is 0 Å². The molecule has 34 heavy (non-hydrogen) atoms. The highest BCUT2D eigenvalue weighted by molar-refractivity contribution is 5.84. The summed E-state index contributed by atoms with van der Waals surface area (Å²) in [5, 5.41) is 1.21. The van der Waals surface area contributed by atoms with Crippen molar-refractivity contribution in [2.45, 2.75) is 26.1 Å². The highest BCUT2D eigenvalue weighted by Crippen LogP contribution is 2.27. The molecule has 0 fully saturated rings. The number of ether oxygens (including phenoxy) is 1. The number of benzene rings is 2. The molecule has 0 saturated heterocycles. The van der Waals surface area contributed by atoms with Crippen molar-refractivity contribution in [3.05, 3.63) is 108 Å². The minimum Gasteiger partial charge on any atom is -0.489 e. The Kier molecular flexibility index (Phi) is 5.49. The van der Waals surface area contributed by atoms with Gasteiger partial charge in [-0.15, -0.1) is 0 Å². The molecule has 0 amide bonds. The molecule has 0 saturated carbocycles. The van der Waals surface area contributed by atoms with Crippen molar-refractivity contribution in [3.63, 3.8) is 0 Å². The minimum atomic E-state index is 0.566. The van der Waals surface area contributed by atoms with Crippen molar-refractivity contribution in [1.82, 2.24) is 24.8 Å². The smallest absolute Gasteiger partial charge is 0.160 e. The highest BCUT2D eigenvalue weighted by atomic mass is 16.5. The van der Waals surface area contributed by atoms with Crippen molar-refractivity contribution >= 4 is 10.9 Å². The molecule has 1 aliphatic rings. The van der Waals surface area contributed by atoms with Crippen molar-refractivity contribution in [1.29, 1.82) is 0 Å². The summed E-state index contributed by atoms with van der Waals surface area (Å²) in [6, 6.07) is 20.4. The molecule has 168 valence electrons. The summed E-state index contributed by atoms with van der Waals surface area (Å²) in [5.74, 6) is 1.64. The van der Waals surface area contributed by atoms with Crippen LogP contribution in [0.5, 0.6) is 5.75 Å². The molecule has 0 unspecified atom stereocenters. The van der Waals surface area contributed by atoms with Gasteiger partial charge in [-0.05, 0) is 41.5 Å². The number of aromatic nitrogens is 4. The van der Waals surface area contributed by atoms with Crippen molar-refractivity contribution in [2.24, 2.45) is 0 Å². The minimum absolute atomic E-state index is 0.566. The normalized spacial score (nSPS) is 13.6. The van der Waals surface area contributed by atoms with E-state index in [-0.39, 0.29) is 0 Å². The molecular formula is C28H25N5O. The van der Waals surface area contributed by atoms with Gasteiger partial charge in [-0.25, -0.2) is 9.97 Å². The first-order valence-corrected chi connectivity index (χ1v) is 11.6. The Morgan fingerprint density at radius 1 is 1.00 bits per heavy atom. The first-order valence-electron chi connectivity index (χ1n) is 11.6. The lowest BCUT2D eigenvalue weighted by molar-refractivity contribution is 0.244. The van der Waals surface area contributed by atoms with Crippen LogP contribution in [0, 0.1) is 0 Å². The zero-order valence-electron chi connectivity index (χ0n) is 18.8. The molecular weight excluding hydrogens is 422 g/mol. The number of hydrogen-bond donors (Lipinski definition) is 1. The summed E-state index contributed by atoms with van der Waals surface area (Å²) in [4.78, 5) is 19.5. The molecule has 6 rings (SSSR count). The first kappa shape index (κ1) is 20.6. The van der Waals surface area contributed by atoms with Crippen LogP contribution < -0.4 is 4.74 Å².